The number of aryl methyl sites for hydroxylation is 1. The largest absolute Gasteiger partial charge is 0.374 e. The number of nitrogens with one attached hydrogen (secondary N) is 2. The summed E-state index contributed by atoms with van der Waals surface area (Å²) in [4.78, 5) is 26.1. The molecule has 0 radical (unpaired) electrons. The Morgan fingerprint density at radius 1 is 1.32 bits per heavy atom. The number of carbonyl (C=O) groups is 2. The summed E-state index contributed by atoms with van der Waals surface area (Å²) in [6.45, 7) is 4.29. The van der Waals surface area contributed by atoms with Gasteiger partial charge in [-0.25, -0.2) is 0 Å². The van der Waals surface area contributed by atoms with Crippen molar-refractivity contribution < 1.29 is 14.1 Å². The highest BCUT2D eigenvalue weighted by atomic mass is 16.5. The number of benzene rings is 1. The Morgan fingerprint density at radius 3 is 2.88 bits per heavy atom. The summed E-state index contributed by atoms with van der Waals surface area (Å²) in [6, 6.07) is 8.75. The molecule has 1 atom stereocenters. The van der Waals surface area contributed by atoms with Crippen LogP contribution in [0.3, 0.4) is 0 Å². The van der Waals surface area contributed by atoms with Gasteiger partial charge in [-0.3, -0.25) is 14.9 Å². The van der Waals surface area contributed by atoms with Crippen LogP contribution in [0.5, 0.6) is 0 Å². The van der Waals surface area contributed by atoms with E-state index in [2.05, 4.69) is 15.8 Å². The minimum absolute atomic E-state index is 0.148. The maximum absolute atomic E-state index is 12.2. The van der Waals surface area contributed by atoms with Crippen molar-refractivity contribution in [3.8, 4) is 0 Å². The number of carbonyl (C=O) groups excluding carboxylic acids is 2. The van der Waals surface area contributed by atoms with Crippen LogP contribution < -0.4 is 15.5 Å². The molecule has 1 fully saturated rings. The molecule has 1 saturated heterocycles. The van der Waals surface area contributed by atoms with Crippen molar-refractivity contribution in [2.75, 3.05) is 22.1 Å². The smallest absolute Gasteiger partial charge is 0.248 e. The second-order valence-corrected chi connectivity index (χ2v) is 6.24. The second kappa shape index (κ2) is 7.38. The van der Waals surface area contributed by atoms with E-state index in [0.29, 0.717) is 18.0 Å². The van der Waals surface area contributed by atoms with E-state index in [1.165, 1.54) is 0 Å². The molecule has 2 aromatic rings. The molecule has 7 heteroatoms. The second-order valence-electron chi connectivity index (χ2n) is 6.24. The third kappa shape index (κ3) is 4.17. The summed E-state index contributed by atoms with van der Waals surface area (Å²) in [7, 11) is 0. The average molecular weight is 342 g/mol. The highest BCUT2D eigenvalue weighted by Crippen LogP contribution is 2.24. The minimum atomic E-state index is -0.474. The number of hydrogen-bond acceptors (Lipinski definition) is 5. The average Bonchev–Trinajstić information content (AvgIpc) is 3.00. The topological polar surface area (TPSA) is 87.5 Å². The summed E-state index contributed by atoms with van der Waals surface area (Å²) >= 11 is 0. The Bertz CT molecular complexity index is 771. The van der Waals surface area contributed by atoms with Gasteiger partial charge in [-0.2, -0.15) is 0 Å². The van der Waals surface area contributed by atoms with Gasteiger partial charge >= 0.3 is 0 Å². The number of hydrogen-bond donors (Lipinski definition) is 2. The first-order valence-electron chi connectivity index (χ1n) is 8.44. The van der Waals surface area contributed by atoms with Crippen molar-refractivity contribution in [3.63, 3.8) is 0 Å². The summed E-state index contributed by atoms with van der Waals surface area (Å²) in [6.07, 6.45) is 2.55. The molecule has 1 aliphatic heterocycles. The fourth-order valence-corrected chi connectivity index (χ4v) is 2.81. The van der Waals surface area contributed by atoms with E-state index in [0.717, 1.165) is 30.8 Å². The van der Waals surface area contributed by atoms with Gasteiger partial charge in [0.05, 0.1) is 5.69 Å². The van der Waals surface area contributed by atoms with Gasteiger partial charge in [0.25, 0.3) is 0 Å². The van der Waals surface area contributed by atoms with E-state index in [1.807, 2.05) is 24.3 Å². The van der Waals surface area contributed by atoms with Crippen LogP contribution in [-0.2, 0) is 9.59 Å². The number of rotatable bonds is 5. The number of amides is 2. The predicted octanol–water partition coefficient (Wildman–Crippen LogP) is 2.94. The molecule has 1 aromatic heterocycles. The third-order valence-electron chi connectivity index (χ3n) is 4.13. The van der Waals surface area contributed by atoms with Crippen molar-refractivity contribution in [2.24, 2.45) is 0 Å². The van der Waals surface area contributed by atoms with E-state index in [4.69, 9.17) is 4.52 Å². The summed E-state index contributed by atoms with van der Waals surface area (Å²) in [5.74, 6) is 0.245. The standard InChI is InChI=1S/C18H22N4O3/c1-12-10-16(25-21-12)20-18(24)13(2)19-14-6-5-7-15(11-14)22-9-4-3-8-17(22)23/h5-7,10-11,13,19H,3-4,8-9H2,1-2H3,(H,20,24)/t13-/m1/s1. The van der Waals surface area contributed by atoms with Crippen LogP contribution in [0, 0.1) is 6.92 Å². The van der Waals surface area contributed by atoms with Crippen LogP contribution in [0.15, 0.2) is 34.9 Å². The predicted molar refractivity (Wildman–Crippen MR) is 95.6 cm³/mol. The lowest BCUT2D eigenvalue weighted by Crippen LogP contribution is -2.35. The molecule has 0 unspecified atom stereocenters. The van der Waals surface area contributed by atoms with E-state index < -0.39 is 6.04 Å². The number of piperidine rings is 1. The Hall–Kier alpha value is -2.83. The van der Waals surface area contributed by atoms with Crippen LogP contribution in [-0.4, -0.2) is 29.6 Å². The molecule has 0 bridgehead atoms. The summed E-state index contributed by atoms with van der Waals surface area (Å²) in [5, 5.41) is 9.56. The Labute approximate surface area is 146 Å². The van der Waals surface area contributed by atoms with E-state index in [9.17, 15) is 9.59 Å². The van der Waals surface area contributed by atoms with Gasteiger partial charge in [0.2, 0.25) is 17.7 Å². The molecule has 7 nitrogen and oxygen atoms in total. The Morgan fingerprint density at radius 2 is 2.16 bits per heavy atom. The first kappa shape index (κ1) is 17.0. The zero-order valence-electron chi connectivity index (χ0n) is 14.4. The van der Waals surface area contributed by atoms with Crippen molar-refractivity contribution >= 4 is 29.1 Å². The zero-order chi connectivity index (χ0) is 17.8. The van der Waals surface area contributed by atoms with Crippen molar-refractivity contribution in [2.45, 2.75) is 39.2 Å². The lowest BCUT2D eigenvalue weighted by atomic mass is 10.1. The zero-order valence-corrected chi connectivity index (χ0v) is 14.4. The molecule has 3 rings (SSSR count). The van der Waals surface area contributed by atoms with Gasteiger partial charge in [0.15, 0.2) is 0 Å². The van der Waals surface area contributed by atoms with Crippen LogP contribution in [0.1, 0.15) is 31.9 Å². The monoisotopic (exact) mass is 342 g/mol. The molecule has 25 heavy (non-hydrogen) atoms. The highest BCUT2D eigenvalue weighted by Gasteiger charge is 2.20. The molecule has 1 aliphatic rings. The van der Waals surface area contributed by atoms with Gasteiger partial charge in [-0.1, -0.05) is 11.2 Å². The van der Waals surface area contributed by atoms with Gasteiger partial charge < -0.3 is 14.7 Å². The van der Waals surface area contributed by atoms with Crippen LogP contribution in [0.4, 0.5) is 17.3 Å². The molecule has 132 valence electrons. The number of aromatic nitrogens is 1. The molecular formula is C18H22N4O3. The lowest BCUT2D eigenvalue weighted by molar-refractivity contribution is -0.119. The molecule has 0 spiro atoms. The van der Waals surface area contributed by atoms with E-state index in [1.54, 1.807) is 24.8 Å². The molecular weight excluding hydrogens is 320 g/mol. The first-order chi connectivity index (χ1) is 12.0. The summed E-state index contributed by atoms with van der Waals surface area (Å²) in [5.41, 5.74) is 2.34. The SMILES string of the molecule is Cc1cc(NC(=O)[C@@H](C)Nc2cccc(N3CCCCC3=O)c2)on1. The van der Waals surface area contributed by atoms with Gasteiger partial charge in [-0.05, 0) is 44.9 Å². The normalized spacial score (nSPS) is 15.8. The van der Waals surface area contributed by atoms with Gasteiger partial charge in [-0.15, -0.1) is 0 Å². The van der Waals surface area contributed by atoms with Gasteiger partial charge in [0.1, 0.15) is 6.04 Å². The molecule has 0 aliphatic carbocycles. The number of anilines is 3. The lowest BCUT2D eigenvalue weighted by Gasteiger charge is -2.27. The maximum Gasteiger partial charge on any atom is 0.248 e. The molecule has 2 amide bonds. The quantitative estimate of drug-likeness (QED) is 0.872. The minimum Gasteiger partial charge on any atom is -0.374 e. The molecule has 1 aromatic carbocycles. The van der Waals surface area contributed by atoms with Crippen molar-refractivity contribution in [3.05, 3.63) is 36.0 Å². The van der Waals surface area contributed by atoms with E-state index >= 15 is 0 Å². The molecule has 2 heterocycles. The van der Waals surface area contributed by atoms with Gasteiger partial charge in [0, 0.05) is 30.4 Å². The third-order valence-corrected chi connectivity index (χ3v) is 4.13. The number of nitrogens with zero attached hydrogens (tertiary/aromatic N) is 2. The fraction of sp³-hybridized carbons (Fsp3) is 0.389. The molecule has 2 N–H and O–H groups in total. The maximum atomic E-state index is 12.2. The van der Waals surface area contributed by atoms with Crippen molar-refractivity contribution in [1.29, 1.82) is 0 Å². The Kier molecular flexibility index (Phi) is 5.02. The fourth-order valence-electron chi connectivity index (χ4n) is 2.81. The van der Waals surface area contributed by atoms with E-state index in [-0.39, 0.29) is 11.8 Å². The first-order valence-corrected chi connectivity index (χ1v) is 8.44. The highest BCUT2D eigenvalue weighted by molar-refractivity contribution is 5.96. The Balaban J connectivity index is 1.64. The van der Waals surface area contributed by atoms with Crippen LogP contribution >= 0.6 is 0 Å². The molecule has 0 saturated carbocycles. The van der Waals surface area contributed by atoms with Crippen molar-refractivity contribution in [1.82, 2.24) is 5.16 Å². The van der Waals surface area contributed by atoms with Crippen LogP contribution in [0.2, 0.25) is 0 Å². The summed E-state index contributed by atoms with van der Waals surface area (Å²) < 4.78 is 4.99. The van der Waals surface area contributed by atoms with Crippen LogP contribution in [0.25, 0.3) is 0 Å².